The van der Waals surface area contributed by atoms with Crippen molar-refractivity contribution in [3.8, 4) is 6.07 Å². The molecule has 4 rings (SSSR count). The van der Waals surface area contributed by atoms with Crippen molar-refractivity contribution in [2.24, 2.45) is 5.92 Å². The first-order chi connectivity index (χ1) is 18.9. The molecule has 0 radical (unpaired) electrons. The maximum atomic E-state index is 13.2. The number of amides is 1. The number of carbonyl (C=O) groups excluding carboxylic acids is 1. The minimum absolute atomic E-state index is 0.0621. The van der Waals surface area contributed by atoms with E-state index in [0.29, 0.717) is 44.0 Å². The molecule has 0 saturated carbocycles. The number of likely N-dealkylation sites (tertiary alicyclic amines) is 1. The van der Waals surface area contributed by atoms with Crippen LogP contribution in [0.4, 0.5) is 37.7 Å². The third-order valence-electron chi connectivity index (χ3n) is 7.84. The van der Waals surface area contributed by atoms with Gasteiger partial charge in [-0.2, -0.15) is 31.6 Å². The predicted octanol–water partition coefficient (Wildman–Crippen LogP) is 7.09. The molecule has 2 aromatic carbocycles. The van der Waals surface area contributed by atoms with Crippen molar-refractivity contribution in [1.29, 1.82) is 5.26 Å². The molecule has 11 heteroatoms. The average molecular weight is 567 g/mol. The summed E-state index contributed by atoms with van der Waals surface area (Å²) in [5, 5.41) is 12.1. The van der Waals surface area contributed by atoms with Gasteiger partial charge in [0.1, 0.15) is 0 Å². The molecular formula is C29H32F6N4O. The lowest BCUT2D eigenvalue weighted by molar-refractivity contribution is -0.138. The lowest BCUT2D eigenvalue weighted by Crippen LogP contribution is -2.42. The monoisotopic (exact) mass is 566 g/mol. The van der Waals surface area contributed by atoms with Gasteiger partial charge in [0, 0.05) is 50.0 Å². The van der Waals surface area contributed by atoms with E-state index in [2.05, 4.69) is 10.2 Å². The molecule has 0 aliphatic carbocycles. The van der Waals surface area contributed by atoms with Crippen LogP contribution < -0.4 is 10.2 Å². The Morgan fingerprint density at radius 2 is 1.55 bits per heavy atom. The van der Waals surface area contributed by atoms with E-state index < -0.39 is 29.0 Å². The molecule has 216 valence electrons. The van der Waals surface area contributed by atoms with E-state index in [1.807, 2.05) is 4.90 Å². The van der Waals surface area contributed by atoms with Gasteiger partial charge in [-0.25, -0.2) is 0 Å². The molecular weight excluding hydrogens is 534 g/mol. The van der Waals surface area contributed by atoms with Crippen molar-refractivity contribution in [3.05, 3.63) is 59.2 Å². The molecule has 2 heterocycles. The van der Waals surface area contributed by atoms with Crippen LogP contribution in [-0.4, -0.2) is 43.0 Å². The van der Waals surface area contributed by atoms with Crippen molar-refractivity contribution < 1.29 is 31.1 Å². The molecule has 5 nitrogen and oxygen atoms in total. The zero-order valence-electron chi connectivity index (χ0n) is 22.0. The summed E-state index contributed by atoms with van der Waals surface area (Å²) in [5.74, 6) is 0.556. The molecule has 1 N–H and O–H groups in total. The van der Waals surface area contributed by atoms with E-state index in [0.717, 1.165) is 62.7 Å². The SMILES string of the molecule is N#Cc1ccc(NC2CCN(C(=O)CCCC3CCN(c4ccc(C(F)(F)F)cc4)CC3)CC2)cc1C(F)(F)F. The molecule has 0 aromatic heterocycles. The summed E-state index contributed by atoms with van der Waals surface area (Å²) in [6.07, 6.45) is -3.71. The highest BCUT2D eigenvalue weighted by Gasteiger charge is 2.34. The molecule has 2 aliphatic rings. The number of halogens is 6. The summed E-state index contributed by atoms with van der Waals surface area (Å²) in [4.78, 5) is 16.6. The second-order valence-corrected chi connectivity index (χ2v) is 10.5. The van der Waals surface area contributed by atoms with Gasteiger partial charge >= 0.3 is 12.4 Å². The Morgan fingerprint density at radius 1 is 0.900 bits per heavy atom. The van der Waals surface area contributed by atoms with E-state index in [-0.39, 0.29) is 11.9 Å². The number of hydrogen-bond donors (Lipinski definition) is 1. The van der Waals surface area contributed by atoms with Crippen molar-refractivity contribution >= 4 is 17.3 Å². The molecule has 2 aliphatic heterocycles. The molecule has 2 saturated heterocycles. The average Bonchev–Trinajstić information content (AvgIpc) is 2.93. The fourth-order valence-electron chi connectivity index (χ4n) is 5.52. The number of benzene rings is 2. The fourth-order valence-corrected chi connectivity index (χ4v) is 5.52. The topological polar surface area (TPSA) is 59.4 Å². The van der Waals surface area contributed by atoms with Crippen molar-refractivity contribution in [2.75, 3.05) is 36.4 Å². The van der Waals surface area contributed by atoms with Gasteiger partial charge in [-0.3, -0.25) is 4.79 Å². The van der Waals surface area contributed by atoms with Crippen LogP contribution in [0.3, 0.4) is 0 Å². The van der Waals surface area contributed by atoms with Gasteiger partial charge in [-0.15, -0.1) is 0 Å². The first-order valence-electron chi connectivity index (χ1n) is 13.5. The number of rotatable bonds is 7. The van der Waals surface area contributed by atoms with Crippen LogP contribution in [-0.2, 0) is 17.1 Å². The lowest BCUT2D eigenvalue weighted by Gasteiger charge is -2.34. The van der Waals surface area contributed by atoms with Gasteiger partial charge < -0.3 is 15.1 Å². The second-order valence-electron chi connectivity index (χ2n) is 10.5. The number of nitriles is 1. The standard InChI is InChI=1S/C29H32F6N4O/c30-28(31,32)22-5-8-25(9-6-22)38-14-10-20(11-15-38)2-1-3-27(40)39-16-12-23(13-17-39)37-24-7-4-21(19-36)26(18-24)29(33,34)35/h4-9,18,20,23,37H,1-3,10-17H2. The summed E-state index contributed by atoms with van der Waals surface area (Å²) < 4.78 is 78.1. The number of nitrogens with one attached hydrogen (secondary N) is 1. The van der Waals surface area contributed by atoms with Crippen LogP contribution in [0.1, 0.15) is 61.6 Å². The molecule has 0 spiro atoms. The fraction of sp³-hybridized carbons (Fsp3) is 0.517. The number of carbonyl (C=O) groups is 1. The highest BCUT2D eigenvalue weighted by molar-refractivity contribution is 5.76. The van der Waals surface area contributed by atoms with Crippen LogP contribution >= 0.6 is 0 Å². The first-order valence-corrected chi connectivity index (χ1v) is 13.5. The van der Waals surface area contributed by atoms with Crippen LogP contribution in [0.25, 0.3) is 0 Å². The number of alkyl halides is 6. The Balaban J connectivity index is 1.15. The lowest BCUT2D eigenvalue weighted by atomic mass is 9.91. The highest BCUT2D eigenvalue weighted by atomic mass is 19.4. The number of hydrogen-bond acceptors (Lipinski definition) is 4. The normalized spacial score (nSPS) is 17.5. The highest BCUT2D eigenvalue weighted by Crippen LogP contribution is 2.34. The minimum atomic E-state index is -4.61. The van der Waals surface area contributed by atoms with Crippen LogP contribution in [0.2, 0.25) is 0 Å². The third kappa shape index (κ3) is 7.61. The summed E-state index contributed by atoms with van der Waals surface area (Å²) in [5.41, 5.74) is -0.928. The van der Waals surface area contributed by atoms with E-state index in [1.54, 1.807) is 6.07 Å². The smallest absolute Gasteiger partial charge is 0.382 e. The molecule has 0 bridgehead atoms. The van der Waals surface area contributed by atoms with Gasteiger partial charge in [0.15, 0.2) is 0 Å². The van der Waals surface area contributed by atoms with E-state index >= 15 is 0 Å². The summed E-state index contributed by atoms with van der Waals surface area (Å²) >= 11 is 0. The van der Waals surface area contributed by atoms with E-state index in [1.165, 1.54) is 24.3 Å². The van der Waals surface area contributed by atoms with Crippen LogP contribution in [0.5, 0.6) is 0 Å². The number of nitrogens with zero attached hydrogens (tertiary/aromatic N) is 3. The van der Waals surface area contributed by atoms with Crippen LogP contribution in [0.15, 0.2) is 42.5 Å². The van der Waals surface area contributed by atoms with Gasteiger partial charge in [0.2, 0.25) is 5.91 Å². The summed E-state index contributed by atoms with van der Waals surface area (Å²) in [7, 11) is 0. The molecule has 1 amide bonds. The summed E-state index contributed by atoms with van der Waals surface area (Å²) in [6, 6.07) is 10.4. The van der Waals surface area contributed by atoms with Crippen LogP contribution in [0, 0.1) is 17.2 Å². The zero-order valence-corrected chi connectivity index (χ0v) is 22.0. The largest absolute Gasteiger partial charge is 0.417 e. The Hall–Kier alpha value is -3.42. The van der Waals surface area contributed by atoms with E-state index in [9.17, 15) is 31.1 Å². The van der Waals surface area contributed by atoms with Gasteiger partial charge in [0.25, 0.3) is 0 Å². The second kappa shape index (κ2) is 12.4. The number of anilines is 2. The van der Waals surface area contributed by atoms with Gasteiger partial charge in [0.05, 0.1) is 22.8 Å². The predicted molar refractivity (Wildman–Crippen MR) is 140 cm³/mol. The Labute approximate surface area is 229 Å². The van der Waals surface area contributed by atoms with Crippen molar-refractivity contribution in [2.45, 2.75) is 63.3 Å². The van der Waals surface area contributed by atoms with Gasteiger partial charge in [-0.1, -0.05) is 0 Å². The Morgan fingerprint density at radius 3 is 2.12 bits per heavy atom. The maximum Gasteiger partial charge on any atom is 0.417 e. The molecule has 0 atom stereocenters. The quantitative estimate of drug-likeness (QED) is 0.364. The number of piperidine rings is 2. The molecule has 40 heavy (non-hydrogen) atoms. The molecule has 2 aromatic rings. The van der Waals surface area contributed by atoms with Gasteiger partial charge in [-0.05, 0) is 86.9 Å². The van der Waals surface area contributed by atoms with E-state index in [4.69, 9.17) is 5.26 Å². The minimum Gasteiger partial charge on any atom is -0.382 e. The summed E-state index contributed by atoms with van der Waals surface area (Å²) in [6.45, 7) is 2.61. The Kier molecular flexibility index (Phi) is 9.16. The third-order valence-corrected chi connectivity index (χ3v) is 7.84. The molecule has 2 fully saturated rings. The molecule has 0 unspecified atom stereocenters. The maximum absolute atomic E-state index is 13.2. The zero-order chi connectivity index (χ0) is 28.9. The van der Waals surface area contributed by atoms with Crippen molar-refractivity contribution in [1.82, 2.24) is 4.90 Å². The van der Waals surface area contributed by atoms with Crippen molar-refractivity contribution in [3.63, 3.8) is 0 Å². The Bertz CT molecular complexity index is 1190. The first kappa shape index (κ1) is 29.6.